The molecule has 0 saturated heterocycles. The Labute approximate surface area is 186 Å². The van der Waals surface area contributed by atoms with Crippen molar-refractivity contribution in [2.45, 2.75) is 19.9 Å². The number of pyridine rings is 1. The number of esters is 1. The van der Waals surface area contributed by atoms with Gasteiger partial charge >= 0.3 is 5.97 Å². The number of nitrogens with zero attached hydrogens (tertiary/aromatic N) is 3. The Hall–Kier alpha value is -3.72. The van der Waals surface area contributed by atoms with E-state index >= 15 is 0 Å². The minimum atomic E-state index is -0.698. The first-order chi connectivity index (χ1) is 15.6. The Balaban J connectivity index is 1.73. The van der Waals surface area contributed by atoms with Gasteiger partial charge in [-0.25, -0.2) is 9.79 Å². The van der Waals surface area contributed by atoms with E-state index < -0.39 is 12.0 Å². The highest BCUT2D eigenvalue weighted by Gasteiger charge is 2.34. The highest BCUT2D eigenvalue weighted by atomic mass is 32.1. The van der Waals surface area contributed by atoms with Crippen LogP contribution >= 0.6 is 11.3 Å². The summed E-state index contributed by atoms with van der Waals surface area (Å²) in [6.07, 6.45) is 5.13. The zero-order valence-corrected chi connectivity index (χ0v) is 18.2. The van der Waals surface area contributed by atoms with Crippen LogP contribution in [0.4, 0.5) is 0 Å². The number of carbonyl (C=O) groups is 1. The SMILES string of the molecule is CCOC(=O)C1=C(C)N=c2s/c(=C/c3cccnc3)c(=O)n2[C@H]1c1ccc2c(c1)OCO2. The monoisotopic (exact) mass is 449 g/mol. The molecule has 0 fully saturated rings. The molecule has 32 heavy (non-hydrogen) atoms. The van der Waals surface area contributed by atoms with Gasteiger partial charge in [0.25, 0.3) is 5.56 Å². The van der Waals surface area contributed by atoms with E-state index in [1.807, 2.05) is 12.1 Å². The molecule has 0 bridgehead atoms. The molecule has 1 atom stereocenters. The van der Waals surface area contributed by atoms with Crippen LogP contribution in [0, 0.1) is 0 Å². The maximum Gasteiger partial charge on any atom is 0.338 e. The molecule has 162 valence electrons. The van der Waals surface area contributed by atoms with Crippen LogP contribution in [0.5, 0.6) is 11.5 Å². The van der Waals surface area contributed by atoms with Crippen LogP contribution in [-0.2, 0) is 9.53 Å². The van der Waals surface area contributed by atoms with Crippen molar-refractivity contribution < 1.29 is 19.0 Å². The van der Waals surface area contributed by atoms with Gasteiger partial charge < -0.3 is 14.2 Å². The zero-order valence-electron chi connectivity index (χ0n) is 17.4. The highest BCUT2D eigenvalue weighted by Crippen LogP contribution is 2.38. The molecule has 0 spiro atoms. The third kappa shape index (κ3) is 3.40. The van der Waals surface area contributed by atoms with Crippen molar-refractivity contribution in [2.24, 2.45) is 4.99 Å². The fraction of sp³-hybridized carbons (Fsp3) is 0.217. The molecular formula is C23H19N3O5S. The lowest BCUT2D eigenvalue weighted by Crippen LogP contribution is -2.39. The summed E-state index contributed by atoms with van der Waals surface area (Å²) < 4.78 is 18.3. The fourth-order valence-electron chi connectivity index (χ4n) is 3.80. The Bertz CT molecular complexity index is 1420. The largest absolute Gasteiger partial charge is 0.463 e. The van der Waals surface area contributed by atoms with E-state index in [0.717, 1.165) is 5.56 Å². The van der Waals surface area contributed by atoms with Gasteiger partial charge in [0.05, 0.1) is 28.5 Å². The van der Waals surface area contributed by atoms with Crippen LogP contribution in [0.3, 0.4) is 0 Å². The minimum Gasteiger partial charge on any atom is -0.463 e. The first-order valence-corrected chi connectivity index (χ1v) is 10.9. The van der Waals surface area contributed by atoms with Gasteiger partial charge in [0, 0.05) is 12.4 Å². The molecule has 3 aromatic rings. The minimum absolute atomic E-state index is 0.131. The lowest BCUT2D eigenvalue weighted by Gasteiger charge is -2.24. The van der Waals surface area contributed by atoms with E-state index in [1.165, 1.54) is 11.3 Å². The summed E-state index contributed by atoms with van der Waals surface area (Å²) in [7, 11) is 0. The molecular weight excluding hydrogens is 430 g/mol. The summed E-state index contributed by atoms with van der Waals surface area (Å²) in [5, 5.41) is 0. The van der Waals surface area contributed by atoms with Crippen molar-refractivity contribution in [3.63, 3.8) is 0 Å². The van der Waals surface area contributed by atoms with E-state index in [2.05, 4.69) is 9.98 Å². The number of thiazole rings is 1. The van der Waals surface area contributed by atoms with Crippen LogP contribution in [-0.4, -0.2) is 28.9 Å². The van der Waals surface area contributed by atoms with Crippen LogP contribution in [0.2, 0.25) is 0 Å². The van der Waals surface area contributed by atoms with Crippen LogP contribution in [0.25, 0.3) is 6.08 Å². The Kier molecular flexibility index (Phi) is 5.10. The fourth-order valence-corrected chi connectivity index (χ4v) is 4.85. The maximum atomic E-state index is 13.5. The van der Waals surface area contributed by atoms with Gasteiger partial charge in [-0.2, -0.15) is 0 Å². The highest BCUT2D eigenvalue weighted by molar-refractivity contribution is 7.07. The normalized spacial score (nSPS) is 17.2. The van der Waals surface area contributed by atoms with Gasteiger partial charge in [0.2, 0.25) is 6.79 Å². The average molecular weight is 449 g/mol. The molecule has 4 heterocycles. The molecule has 5 rings (SSSR count). The van der Waals surface area contributed by atoms with Crippen molar-refractivity contribution >= 4 is 23.4 Å². The summed E-state index contributed by atoms with van der Waals surface area (Å²) >= 11 is 1.27. The van der Waals surface area contributed by atoms with Crippen LogP contribution in [0.1, 0.15) is 31.0 Å². The number of rotatable bonds is 4. The second kappa shape index (κ2) is 8.08. The summed E-state index contributed by atoms with van der Waals surface area (Å²) in [6.45, 7) is 3.85. The molecule has 9 heteroatoms. The number of hydrogen-bond donors (Lipinski definition) is 0. The quantitative estimate of drug-likeness (QED) is 0.565. The second-order valence-corrected chi connectivity index (χ2v) is 8.21. The number of benzene rings is 1. The van der Waals surface area contributed by atoms with Gasteiger partial charge in [0.1, 0.15) is 0 Å². The van der Waals surface area contributed by atoms with Gasteiger partial charge in [-0.3, -0.25) is 14.3 Å². The third-order valence-electron chi connectivity index (χ3n) is 5.21. The van der Waals surface area contributed by atoms with E-state index in [4.69, 9.17) is 14.2 Å². The standard InChI is InChI=1S/C23H19N3O5S/c1-3-29-22(28)19-13(2)25-23-26(20(19)15-6-7-16-17(10-15)31-12-30-16)21(27)18(32-23)9-14-5-4-8-24-11-14/h4-11,20H,3,12H2,1-2H3/b18-9+/t20-/m0/s1. The molecule has 8 nitrogen and oxygen atoms in total. The molecule has 2 aliphatic heterocycles. The van der Waals surface area contributed by atoms with E-state index in [0.29, 0.717) is 37.7 Å². The van der Waals surface area contributed by atoms with Crippen LogP contribution in [0.15, 0.2) is 63.8 Å². The lowest BCUT2D eigenvalue weighted by atomic mass is 9.95. The molecule has 0 aliphatic carbocycles. The Morgan fingerprint density at radius 2 is 2.16 bits per heavy atom. The zero-order chi connectivity index (χ0) is 22.2. The van der Waals surface area contributed by atoms with Gasteiger partial charge in [-0.15, -0.1) is 0 Å². The first kappa shape index (κ1) is 20.2. The average Bonchev–Trinajstić information content (AvgIpc) is 3.37. The number of allylic oxidation sites excluding steroid dienone is 1. The number of fused-ring (bicyclic) bond motifs is 2. The molecule has 0 amide bonds. The van der Waals surface area contributed by atoms with Crippen molar-refractivity contribution in [1.82, 2.24) is 9.55 Å². The third-order valence-corrected chi connectivity index (χ3v) is 6.19. The van der Waals surface area contributed by atoms with Crippen molar-refractivity contribution in [2.75, 3.05) is 13.4 Å². The molecule has 0 saturated carbocycles. The van der Waals surface area contributed by atoms with Crippen molar-refractivity contribution in [3.05, 3.63) is 84.8 Å². The topological polar surface area (TPSA) is 92.0 Å². The summed E-state index contributed by atoms with van der Waals surface area (Å²) in [5.41, 5.74) is 2.11. The van der Waals surface area contributed by atoms with Crippen molar-refractivity contribution in [1.29, 1.82) is 0 Å². The predicted molar refractivity (Wildman–Crippen MR) is 117 cm³/mol. The number of hydrogen-bond acceptors (Lipinski definition) is 8. The summed E-state index contributed by atoms with van der Waals surface area (Å²) in [6, 6.07) is 8.38. The van der Waals surface area contributed by atoms with Gasteiger partial charge in [0.15, 0.2) is 16.3 Å². The first-order valence-electron chi connectivity index (χ1n) is 10.1. The molecule has 0 radical (unpaired) electrons. The molecule has 1 aromatic carbocycles. The summed E-state index contributed by atoms with van der Waals surface area (Å²) in [5.74, 6) is 0.687. The maximum absolute atomic E-state index is 13.5. The predicted octanol–water partition coefficient (Wildman–Crippen LogP) is 1.92. The molecule has 2 aliphatic rings. The Morgan fingerprint density at radius 3 is 2.94 bits per heavy atom. The summed E-state index contributed by atoms with van der Waals surface area (Å²) in [4.78, 5) is 35.6. The molecule has 2 aromatic heterocycles. The Morgan fingerprint density at radius 1 is 1.31 bits per heavy atom. The van der Waals surface area contributed by atoms with Gasteiger partial charge in [-0.1, -0.05) is 23.5 Å². The van der Waals surface area contributed by atoms with Gasteiger partial charge in [-0.05, 0) is 49.2 Å². The van der Waals surface area contributed by atoms with E-state index in [1.54, 1.807) is 55.1 Å². The van der Waals surface area contributed by atoms with E-state index in [-0.39, 0.29) is 19.0 Å². The number of aromatic nitrogens is 2. The van der Waals surface area contributed by atoms with Crippen molar-refractivity contribution in [3.8, 4) is 11.5 Å². The van der Waals surface area contributed by atoms with Crippen LogP contribution < -0.4 is 24.4 Å². The lowest BCUT2D eigenvalue weighted by molar-refractivity contribution is -0.139. The van der Waals surface area contributed by atoms with E-state index in [9.17, 15) is 9.59 Å². The number of carbonyl (C=O) groups excluding carboxylic acids is 1. The number of ether oxygens (including phenoxy) is 3. The molecule has 0 unspecified atom stereocenters. The second-order valence-electron chi connectivity index (χ2n) is 7.20. The smallest absolute Gasteiger partial charge is 0.338 e. The molecule has 0 N–H and O–H groups in total.